The van der Waals surface area contributed by atoms with E-state index in [1.807, 2.05) is 6.07 Å². The number of hydrogen-bond donors (Lipinski definition) is 1. The van der Waals surface area contributed by atoms with Gasteiger partial charge in [0.2, 0.25) is 0 Å². The Morgan fingerprint density at radius 2 is 1.71 bits per heavy atom. The van der Waals surface area contributed by atoms with E-state index in [9.17, 15) is 0 Å². The molecular weight excluding hydrogens is 258 g/mol. The lowest BCUT2D eigenvalue weighted by Gasteiger charge is -2.20. The number of hydrogen-bond acceptors (Lipinski definition) is 3. The van der Waals surface area contributed by atoms with E-state index in [4.69, 9.17) is 0 Å². The maximum absolute atomic E-state index is 4.37. The smallest absolute Gasteiger partial charge is 0.0907 e. The van der Waals surface area contributed by atoms with Crippen LogP contribution in [-0.4, -0.2) is 9.97 Å². The second kappa shape index (κ2) is 6.35. The summed E-state index contributed by atoms with van der Waals surface area (Å²) in [6.07, 6.45) is 5.69. The number of aromatic nitrogens is 2. The zero-order chi connectivity index (χ0) is 14.5. The number of nitrogens with zero attached hydrogens (tertiary/aromatic N) is 2. The molecule has 1 heterocycles. The van der Waals surface area contributed by atoms with Crippen molar-refractivity contribution >= 4 is 16.7 Å². The van der Waals surface area contributed by atoms with Gasteiger partial charge in [0.1, 0.15) is 0 Å². The molecule has 1 atom stereocenters. The highest BCUT2D eigenvalue weighted by atomic mass is 14.9. The number of rotatable bonds is 5. The first-order chi connectivity index (χ1) is 10.4. The van der Waals surface area contributed by atoms with Crippen molar-refractivity contribution in [3.63, 3.8) is 0 Å². The Balaban J connectivity index is 1.87. The van der Waals surface area contributed by atoms with Crippen LogP contribution in [0.1, 0.15) is 31.4 Å². The van der Waals surface area contributed by atoms with E-state index >= 15 is 0 Å². The zero-order valence-corrected chi connectivity index (χ0v) is 12.2. The van der Waals surface area contributed by atoms with Gasteiger partial charge in [0.25, 0.3) is 0 Å². The molecule has 3 heteroatoms. The summed E-state index contributed by atoms with van der Waals surface area (Å²) < 4.78 is 0. The van der Waals surface area contributed by atoms with Crippen molar-refractivity contribution in [2.45, 2.75) is 25.8 Å². The third kappa shape index (κ3) is 3.19. The number of anilines is 1. The minimum atomic E-state index is 0.324. The van der Waals surface area contributed by atoms with Crippen molar-refractivity contribution in [3.8, 4) is 0 Å². The van der Waals surface area contributed by atoms with Crippen LogP contribution in [0.25, 0.3) is 11.0 Å². The van der Waals surface area contributed by atoms with Crippen molar-refractivity contribution in [2.24, 2.45) is 0 Å². The zero-order valence-electron chi connectivity index (χ0n) is 12.2. The lowest BCUT2D eigenvalue weighted by atomic mass is 10.0. The Morgan fingerprint density at radius 1 is 0.952 bits per heavy atom. The van der Waals surface area contributed by atoms with E-state index in [1.165, 1.54) is 5.56 Å². The quantitative estimate of drug-likeness (QED) is 0.741. The molecule has 1 aromatic heterocycles. The molecule has 3 nitrogen and oxygen atoms in total. The van der Waals surface area contributed by atoms with Crippen LogP contribution in [0.15, 0.2) is 60.9 Å². The van der Waals surface area contributed by atoms with Crippen LogP contribution in [0.2, 0.25) is 0 Å². The van der Waals surface area contributed by atoms with Gasteiger partial charge in [-0.2, -0.15) is 0 Å². The first kappa shape index (κ1) is 13.6. The van der Waals surface area contributed by atoms with E-state index in [1.54, 1.807) is 12.4 Å². The highest BCUT2D eigenvalue weighted by molar-refractivity contribution is 5.78. The minimum Gasteiger partial charge on any atom is -0.378 e. The molecule has 0 saturated carbocycles. The Labute approximate surface area is 125 Å². The van der Waals surface area contributed by atoms with Crippen LogP contribution < -0.4 is 5.32 Å². The molecule has 0 amide bonds. The van der Waals surface area contributed by atoms with Gasteiger partial charge in [-0.05, 0) is 30.2 Å². The van der Waals surface area contributed by atoms with Gasteiger partial charge in [0, 0.05) is 18.1 Å². The Morgan fingerprint density at radius 3 is 2.48 bits per heavy atom. The van der Waals surface area contributed by atoms with Crippen LogP contribution in [0.5, 0.6) is 0 Å². The predicted octanol–water partition coefficient (Wildman–Crippen LogP) is 4.58. The topological polar surface area (TPSA) is 37.8 Å². The van der Waals surface area contributed by atoms with Crippen molar-refractivity contribution in [2.75, 3.05) is 5.32 Å². The monoisotopic (exact) mass is 277 g/mol. The number of benzene rings is 2. The minimum absolute atomic E-state index is 0.324. The lowest BCUT2D eigenvalue weighted by molar-refractivity contribution is 0.678. The molecule has 1 unspecified atom stereocenters. The summed E-state index contributed by atoms with van der Waals surface area (Å²) in [7, 11) is 0. The predicted molar refractivity (Wildman–Crippen MR) is 87.3 cm³/mol. The SMILES string of the molecule is CCCC(Nc1ccc2nccnc2c1)c1ccccc1. The van der Waals surface area contributed by atoms with Crippen molar-refractivity contribution in [1.82, 2.24) is 9.97 Å². The summed E-state index contributed by atoms with van der Waals surface area (Å²) in [5.74, 6) is 0. The average Bonchev–Trinajstić information content (AvgIpc) is 2.55. The van der Waals surface area contributed by atoms with E-state index in [0.717, 1.165) is 29.6 Å². The number of fused-ring (bicyclic) bond motifs is 1. The molecule has 3 rings (SSSR count). The molecule has 21 heavy (non-hydrogen) atoms. The summed E-state index contributed by atoms with van der Waals surface area (Å²) in [6, 6.07) is 17.1. The standard InChI is InChI=1S/C18H19N3/c1-2-6-16(14-7-4-3-5-8-14)21-15-9-10-17-18(13-15)20-12-11-19-17/h3-5,7-13,16,21H,2,6H2,1H3. The summed E-state index contributed by atoms with van der Waals surface area (Å²) in [5.41, 5.74) is 4.25. The molecule has 106 valence electrons. The lowest BCUT2D eigenvalue weighted by Crippen LogP contribution is -2.10. The Kier molecular flexibility index (Phi) is 4.10. The fraction of sp³-hybridized carbons (Fsp3) is 0.222. The van der Waals surface area contributed by atoms with E-state index < -0.39 is 0 Å². The van der Waals surface area contributed by atoms with Gasteiger partial charge in [0.15, 0.2) is 0 Å². The van der Waals surface area contributed by atoms with Gasteiger partial charge in [0.05, 0.1) is 17.1 Å². The summed E-state index contributed by atoms with van der Waals surface area (Å²) >= 11 is 0. The second-order valence-corrected chi connectivity index (χ2v) is 5.16. The molecule has 0 spiro atoms. The van der Waals surface area contributed by atoms with Crippen LogP contribution in [-0.2, 0) is 0 Å². The van der Waals surface area contributed by atoms with Gasteiger partial charge in [-0.3, -0.25) is 9.97 Å². The molecular formula is C18H19N3. The Hall–Kier alpha value is -2.42. The van der Waals surface area contributed by atoms with Crippen LogP contribution >= 0.6 is 0 Å². The summed E-state index contributed by atoms with van der Waals surface area (Å²) in [5, 5.41) is 3.62. The van der Waals surface area contributed by atoms with Gasteiger partial charge in [-0.1, -0.05) is 43.7 Å². The molecule has 0 bridgehead atoms. The van der Waals surface area contributed by atoms with Crippen LogP contribution in [0.4, 0.5) is 5.69 Å². The third-order valence-electron chi connectivity index (χ3n) is 3.59. The first-order valence-corrected chi connectivity index (χ1v) is 7.39. The maximum Gasteiger partial charge on any atom is 0.0907 e. The largest absolute Gasteiger partial charge is 0.378 e. The van der Waals surface area contributed by atoms with Crippen LogP contribution in [0.3, 0.4) is 0 Å². The number of nitrogens with one attached hydrogen (secondary N) is 1. The van der Waals surface area contributed by atoms with Crippen molar-refractivity contribution in [3.05, 3.63) is 66.5 Å². The molecule has 0 radical (unpaired) electrons. The van der Waals surface area contributed by atoms with Gasteiger partial charge in [-0.15, -0.1) is 0 Å². The van der Waals surface area contributed by atoms with Crippen LogP contribution in [0, 0.1) is 0 Å². The van der Waals surface area contributed by atoms with Crippen molar-refractivity contribution < 1.29 is 0 Å². The normalized spacial score (nSPS) is 12.2. The fourth-order valence-corrected chi connectivity index (χ4v) is 2.55. The van der Waals surface area contributed by atoms with E-state index in [-0.39, 0.29) is 0 Å². The Bertz CT molecular complexity index is 710. The highest BCUT2D eigenvalue weighted by Gasteiger charge is 2.10. The van der Waals surface area contributed by atoms with Gasteiger partial charge < -0.3 is 5.32 Å². The van der Waals surface area contributed by atoms with E-state index in [0.29, 0.717) is 6.04 Å². The molecule has 0 aliphatic rings. The van der Waals surface area contributed by atoms with Crippen molar-refractivity contribution in [1.29, 1.82) is 0 Å². The molecule has 2 aromatic carbocycles. The summed E-state index contributed by atoms with van der Waals surface area (Å²) in [6.45, 7) is 2.21. The van der Waals surface area contributed by atoms with Gasteiger partial charge >= 0.3 is 0 Å². The summed E-state index contributed by atoms with van der Waals surface area (Å²) in [4.78, 5) is 8.67. The molecule has 0 aliphatic heterocycles. The molecule has 1 N–H and O–H groups in total. The molecule has 3 aromatic rings. The maximum atomic E-state index is 4.37. The second-order valence-electron chi connectivity index (χ2n) is 5.16. The molecule has 0 aliphatic carbocycles. The van der Waals surface area contributed by atoms with E-state index in [2.05, 4.69) is 64.7 Å². The fourth-order valence-electron chi connectivity index (χ4n) is 2.55. The molecule has 0 fully saturated rings. The molecule has 0 saturated heterocycles. The van der Waals surface area contributed by atoms with Gasteiger partial charge in [-0.25, -0.2) is 0 Å². The first-order valence-electron chi connectivity index (χ1n) is 7.39. The average molecular weight is 277 g/mol. The highest BCUT2D eigenvalue weighted by Crippen LogP contribution is 2.25. The third-order valence-corrected chi connectivity index (χ3v) is 3.59.